The molecule has 28 heavy (non-hydrogen) atoms. The lowest BCUT2D eigenvalue weighted by Gasteiger charge is -2.11. The molecule has 2 aromatic carbocycles. The van der Waals surface area contributed by atoms with Gasteiger partial charge in [-0.3, -0.25) is 4.79 Å². The molecule has 0 saturated heterocycles. The zero-order valence-corrected chi connectivity index (χ0v) is 16.4. The molecule has 0 aromatic heterocycles. The van der Waals surface area contributed by atoms with Gasteiger partial charge < -0.3 is 18.9 Å². The molecule has 1 N–H and O–H groups in total. The van der Waals surface area contributed by atoms with Crippen LogP contribution in [0.15, 0.2) is 47.6 Å². The summed E-state index contributed by atoms with van der Waals surface area (Å²) in [5, 5.41) is 3.95. The summed E-state index contributed by atoms with van der Waals surface area (Å²) in [6.07, 6.45) is 2.46. The van der Waals surface area contributed by atoms with Crippen LogP contribution in [0.1, 0.15) is 25.8 Å². The lowest BCUT2D eigenvalue weighted by atomic mass is 10.2. The smallest absolute Gasteiger partial charge is 0.277 e. The van der Waals surface area contributed by atoms with Crippen molar-refractivity contribution in [2.45, 2.75) is 20.3 Å². The number of carbonyl (C=O) groups is 1. The van der Waals surface area contributed by atoms with Crippen molar-refractivity contribution in [3.63, 3.8) is 0 Å². The molecule has 0 unspecified atom stereocenters. The molecular formula is C21H26N2O5. The van der Waals surface area contributed by atoms with Crippen molar-refractivity contribution in [3.8, 4) is 23.0 Å². The van der Waals surface area contributed by atoms with Crippen molar-refractivity contribution >= 4 is 12.1 Å². The highest BCUT2D eigenvalue weighted by Gasteiger charge is 2.06. The Hall–Kier alpha value is -3.22. The summed E-state index contributed by atoms with van der Waals surface area (Å²) in [5.74, 6) is 2.27. The zero-order chi connectivity index (χ0) is 20.2. The molecule has 0 heterocycles. The van der Waals surface area contributed by atoms with E-state index < -0.39 is 0 Å². The second-order valence-electron chi connectivity index (χ2n) is 5.75. The van der Waals surface area contributed by atoms with E-state index in [1.54, 1.807) is 31.4 Å². The Balaban J connectivity index is 1.86. The van der Waals surface area contributed by atoms with Crippen molar-refractivity contribution in [2.24, 2.45) is 5.10 Å². The molecule has 0 spiro atoms. The molecule has 0 atom stereocenters. The van der Waals surface area contributed by atoms with Crippen LogP contribution in [-0.2, 0) is 4.79 Å². The highest BCUT2D eigenvalue weighted by atomic mass is 16.5. The van der Waals surface area contributed by atoms with Crippen molar-refractivity contribution in [3.05, 3.63) is 48.0 Å². The van der Waals surface area contributed by atoms with Crippen molar-refractivity contribution < 1.29 is 23.7 Å². The van der Waals surface area contributed by atoms with Crippen LogP contribution in [0.3, 0.4) is 0 Å². The number of hydrogen-bond donors (Lipinski definition) is 1. The van der Waals surface area contributed by atoms with Crippen molar-refractivity contribution in [2.75, 3.05) is 26.9 Å². The molecule has 7 nitrogen and oxygen atoms in total. The number of nitrogens with one attached hydrogen (secondary N) is 1. The van der Waals surface area contributed by atoms with E-state index in [4.69, 9.17) is 18.9 Å². The van der Waals surface area contributed by atoms with Gasteiger partial charge in [-0.25, -0.2) is 5.43 Å². The summed E-state index contributed by atoms with van der Waals surface area (Å²) in [7, 11) is 1.59. The predicted octanol–water partition coefficient (Wildman–Crippen LogP) is 3.41. The maximum absolute atomic E-state index is 11.9. The normalized spacial score (nSPS) is 10.5. The summed E-state index contributed by atoms with van der Waals surface area (Å²) >= 11 is 0. The highest BCUT2D eigenvalue weighted by Crippen LogP contribution is 2.28. The van der Waals surface area contributed by atoms with Crippen LogP contribution >= 0.6 is 0 Å². The van der Waals surface area contributed by atoms with Crippen LogP contribution < -0.4 is 24.4 Å². The van der Waals surface area contributed by atoms with Crippen LogP contribution in [0.25, 0.3) is 0 Å². The van der Waals surface area contributed by atoms with Gasteiger partial charge in [0.15, 0.2) is 18.1 Å². The first-order valence-corrected chi connectivity index (χ1v) is 9.14. The summed E-state index contributed by atoms with van der Waals surface area (Å²) in [5.41, 5.74) is 3.21. The predicted molar refractivity (Wildman–Crippen MR) is 108 cm³/mol. The van der Waals surface area contributed by atoms with Crippen LogP contribution in [0.5, 0.6) is 23.0 Å². The Morgan fingerprint density at radius 2 is 1.75 bits per heavy atom. The van der Waals surface area contributed by atoms with Gasteiger partial charge in [0.25, 0.3) is 5.91 Å². The second kappa shape index (κ2) is 11.5. The molecular weight excluding hydrogens is 360 g/mol. The Morgan fingerprint density at radius 1 is 1.00 bits per heavy atom. The summed E-state index contributed by atoms with van der Waals surface area (Å²) < 4.78 is 21.7. The van der Waals surface area contributed by atoms with E-state index in [0.717, 1.165) is 17.7 Å². The minimum absolute atomic E-state index is 0.141. The zero-order valence-electron chi connectivity index (χ0n) is 16.4. The molecule has 150 valence electrons. The number of ether oxygens (including phenoxy) is 4. The lowest BCUT2D eigenvalue weighted by Crippen LogP contribution is -2.24. The van der Waals surface area contributed by atoms with Crippen LogP contribution in [0.2, 0.25) is 0 Å². The first-order valence-electron chi connectivity index (χ1n) is 9.14. The van der Waals surface area contributed by atoms with Gasteiger partial charge in [0.05, 0.1) is 26.5 Å². The Kier molecular flexibility index (Phi) is 8.65. The van der Waals surface area contributed by atoms with Crippen molar-refractivity contribution in [1.82, 2.24) is 5.43 Å². The number of hydrogen-bond acceptors (Lipinski definition) is 6. The first kappa shape index (κ1) is 21.1. The lowest BCUT2D eigenvalue weighted by molar-refractivity contribution is -0.123. The fraction of sp³-hybridized carbons (Fsp3) is 0.333. The minimum atomic E-state index is -0.361. The topological polar surface area (TPSA) is 78.4 Å². The van der Waals surface area contributed by atoms with Gasteiger partial charge >= 0.3 is 0 Å². The van der Waals surface area contributed by atoms with Gasteiger partial charge in [-0.2, -0.15) is 5.10 Å². The highest BCUT2D eigenvalue weighted by molar-refractivity contribution is 5.83. The van der Waals surface area contributed by atoms with Gasteiger partial charge in [0.2, 0.25) is 0 Å². The molecule has 0 radical (unpaired) electrons. The Bertz CT molecular complexity index is 775. The number of methoxy groups -OCH3 is 1. The molecule has 2 aromatic rings. The van der Waals surface area contributed by atoms with E-state index >= 15 is 0 Å². The largest absolute Gasteiger partial charge is 0.497 e. The quantitative estimate of drug-likeness (QED) is 0.473. The number of hydrazone groups is 1. The number of nitrogens with zero attached hydrogens (tertiary/aromatic N) is 1. The molecule has 0 aliphatic heterocycles. The number of amides is 1. The van der Waals surface area contributed by atoms with E-state index in [1.807, 2.05) is 32.0 Å². The third kappa shape index (κ3) is 6.83. The maximum Gasteiger partial charge on any atom is 0.277 e. The molecule has 7 heteroatoms. The van der Waals surface area contributed by atoms with Crippen LogP contribution in [0.4, 0.5) is 0 Å². The summed E-state index contributed by atoms with van der Waals surface area (Å²) in [6.45, 7) is 4.97. The van der Waals surface area contributed by atoms with Crippen molar-refractivity contribution in [1.29, 1.82) is 0 Å². The molecule has 2 rings (SSSR count). The fourth-order valence-electron chi connectivity index (χ4n) is 2.24. The minimum Gasteiger partial charge on any atom is -0.497 e. The standard InChI is InChI=1S/C21H26N2O5/c1-4-12-27-19-11-6-16(13-20(19)26-5-2)14-22-23-21(24)15-28-18-9-7-17(25-3)8-10-18/h6-11,13-14H,4-5,12,15H2,1-3H3,(H,23,24)/b22-14-. The van der Waals surface area contributed by atoms with E-state index in [2.05, 4.69) is 10.5 Å². The molecule has 0 aliphatic carbocycles. The molecule has 0 fully saturated rings. The Labute approximate surface area is 165 Å². The van der Waals surface area contributed by atoms with E-state index in [9.17, 15) is 4.79 Å². The van der Waals surface area contributed by atoms with E-state index in [-0.39, 0.29) is 12.5 Å². The average Bonchev–Trinajstić information content (AvgIpc) is 2.72. The number of carbonyl (C=O) groups excluding carboxylic acids is 1. The van der Waals surface area contributed by atoms with Gasteiger partial charge in [0.1, 0.15) is 11.5 Å². The molecule has 1 amide bonds. The second-order valence-corrected chi connectivity index (χ2v) is 5.75. The number of benzene rings is 2. The first-order chi connectivity index (χ1) is 13.7. The molecule has 0 saturated carbocycles. The van der Waals surface area contributed by atoms with Gasteiger partial charge in [-0.15, -0.1) is 0 Å². The SMILES string of the molecule is CCCOc1ccc(/C=N\NC(=O)COc2ccc(OC)cc2)cc1OCC. The Morgan fingerprint density at radius 3 is 2.43 bits per heavy atom. The summed E-state index contributed by atoms with van der Waals surface area (Å²) in [6, 6.07) is 12.5. The molecule has 0 bridgehead atoms. The number of rotatable bonds is 11. The molecule has 0 aliphatic rings. The van der Waals surface area contributed by atoms with Crippen LogP contribution in [-0.4, -0.2) is 39.1 Å². The van der Waals surface area contributed by atoms with E-state index in [0.29, 0.717) is 30.5 Å². The average molecular weight is 386 g/mol. The maximum atomic E-state index is 11.9. The third-order valence-corrected chi connectivity index (χ3v) is 3.56. The third-order valence-electron chi connectivity index (χ3n) is 3.56. The van der Waals surface area contributed by atoms with Gasteiger partial charge in [-0.1, -0.05) is 6.92 Å². The monoisotopic (exact) mass is 386 g/mol. The van der Waals surface area contributed by atoms with E-state index in [1.165, 1.54) is 6.21 Å². The fourth-order valence-corrected chi connectivity index (χ4v) is 2.24. The van der Waals surface area contributed by atoms with Gasteiger partial charge in [-0.05, 0) is 61.4 Å². The summed E-state index contributed by atoms with van der Waals surface area (Å²) in [4.78, 5) is 11.9. The van der Waals surface area contributed by atoms with Gasteiger partial charge in [0, 0.05) is 0 Å². The van der Waals surface area contributed by atoms with Crippen LogP contribution in [0, 0.1) is 0 Å².